The number of ether oxygens (including phenoxy) is 2. The van der Waals surface area contributed by atoms with Crippen molar-refractivity contribution in [3.8, 4) is 5.75 Å². The van der Waals surface area contributed by atoms with Gasteiger partial charge in [0, 0.05) is 13.7 Å². The third kappa shape index (κ3) is 9.09. The van der Waals surface area contributed by atoms with Crippen LogP contribution >= 0.6 is 0 Å². The van der Waals surface area contributed by atoms with E-state index in [4.69, 9.17) is 9.47 Å². The summed E-state index contributed by atoms with van der Waals surface area (Å²) in [6, 6.07) is 8.67. The second kappa shape index (κ2) is 12.5. The van der Waals surface area contributed by atoms with E-state index < -0.39 is 0 Å². The molecule has 2 nitrogen and oxygen atoms in total. The first kappa shape index (κ1) is 19.0. The molecule has 22 heavy (non-hydrogen) atoms. The van der Waals surface area contributed by atoms with Gasteiger partial charge in [0.05, 0.1) is 6.61 Å². The summed E-state index contributed by atoms with van der Waals surface area (Å²) in [5.41, 5.74) is 1.42. The van der Waals surface area contributed by atoms with Gasteiger partial charge in [0.2, 0.25) is 0 Å². The summed E-state index contributed by atoms with van der Waals surface area (Å²) < 4.78 is 10.8. The molecule has 1 aromatic carbocycles. The molecule has 0 radical (unpaired) electrons. The number of hydrogen-bond acceptors (Lipinski definition) is 2. The largest absolute Gasteiger partial charge is 0.494 e. The smallest absolute Gasteiger partial charge is 0.119 e. The van der Waals surface area contributed by atoms with Gasteiger partial charge in [0.15, 0.2) is 0 Å². The number of rotatable bonds is 13. The molecule has 0 N–H and O–H groups in total. The van der Waals surface area contributed by atoms with Gasteiger partial charge in [-0.3, -0.25) is 0 Å². The van der Waals surface area contributed by atoms with Crippen LogP contribution in [0, 0.1) is 5.92 Å². The maximum atomic E-state index is 5.76. The summed E-state index contributed by atoms with van der Waals surface area (Å²) in [5, 5.41) is 0. The van der Waals surface area contributed by atoms with Gasteiger partial charge in [-0.1, -0.05) is 58.1 Å². The predicted octanol–water partition coefficient (Wildman–Crippen LogP) is 5.64. The van der Waals surface area contributed by atoms with Gasteiger partial charge >= 0.3 is 0 Å². The summed E-state index contributed by atoms with van der Waals surface area (Å²) in [6.07, 6.45) is 9.89. The van der Waals surface area contributed by atoms with Gasteiger partial charge in [-0.15, -0.1) is 0 Å². The molecule has 0 bridgehead atoms. The van der Waals surface area contributed by atoms with E-state index in [1.165, 1.54) is 50.5 Å². The van der Waals surface area contributed by atoms with Crippen molar-refractivity contribution in [2.24, 2.45) is 5.92 Å². The quantitative estimate of drug-likeness (QED) is 0.439. The summed E-state index contributed by atoms with van der Waals surface area (Å²) in [5.74, 6) is 1.76. The summed E-state index contributed by atoms with van der Waals surface area (Å²) >= 11 is 0. The zero-order valence-corrected chi connectivity index (χ0v) is 14.8. The van der Waals surface area contributed by atoms with Crippen LogP contribution in [0.4, 0.5) is 0 Å². The van der Waals surface area contributed by atoms with Crippen LogP contribution in [0.15, 0.2) is 24.3 Å². The number of benzene rings is 1. The van der Waals surface area contributed by atoms with Gasteiger partial charge in [-0.2, -0.15) is 0 Å². The Morgan fingerprint density at radius 2 is 1.64 bits per heavy atom. The van der Waals surface area contributed by atoms with Crippen LogP contribution in [0.5, 0.6) is 5.75 Å². The van der Waals surface area contributed by atoms with Crippen LogP contribution in [0.1, 0.15) is 64.4 Å². The molecule has 1 atom stereocenters. The lowest BCUT2D eigenvalue weighted by Gasteiger charge is -2.12. The first-order chi connectivity index (χ1) is 10.8. The highest BCUT2D eigenvalue weighted by Crippen LogP contribution is 2.18. The molecule has 1 aromatic rings. The second-order valence-corrected chi connectivity index (χ2v) is 6.35. The standard InChI is InChI=1S/C20H34O2/c1-4-5-8-16-22-20-13-11-19(12-14-20)17-18(2)10-7-6-9-15-21-3/h11-14,18H,4-10,15-17H2,1-3H3. The maximum Gasteiger partial charge on any atom is 0.119 e. The minimum Gasteiger partial charge on any atom is -0.494 e. The topological polar surface area (TPSA) is 18.5 Å². The Bertz CT molecular complexity index is 358. The average Bonchev–Trinajstić information content (AvgIpc) is 2.53. The Kier molecular flexibility index (Phi) is 10.8. The minimum atomic E-state index is 0.749. The van der Waals surface area contributed by atoms with E-state index in [1.807, 2.05) is 0 Å². The maximum absolute atomic E-state index is 5.76. The van der Waals surface area contributed by atoms with Crippen molar-refractivity contribution >= 4 is 0 Å². The van der Waals surface area contributed by atoms with E-state index in [2.05, 4.69) is 38.1 Å². The molecule has 0 heterocycles. The third-order valence-corrected chi connectivity index (χ3v) is 4.07. The SMILES string of the molecule is CCCCCOc1ccc(CC(C)CCCCCOC)cc1. The molecule has 126 valence electrons. The van der Waals surface area contributed by atoms with Crippen molar-refractivity contribution in [1.82, 2.24) is 0 Å². The fourth-order valence-corrected chi connectivity index (χ4v) is 2.68. The molecule has 1 rings (SSSR count). The molecule has 2 heteroatoms. The molecule has 0 saturated heterocycles. The van der Waals surface area contributed by atoms with Crippen LogP contribution in [-0.2, 0) is 11.2 Å². The molecule has 1 unspecified atom stereocenters. The van der Waals surface area contributed by atoms with Crippen molar-refractivity contribution < 1.29 is 9.47 Å². The van der Waals surface area contributed by atoms with E-state index in [1.54, 1.807) is 7.11 Å². The summed E-state index contributed by atoms with van der Waals surface area (Å²) in [7, 11) is 1.78. The van der Waals surface area contributed by atoms with Crippen molar-refractivity contribution in [2.75, 3.05) is 20.3 Å². The molecule has 0 saturated carbocycles. The first-order valence-corrected chi connectivity index (χ1v) is 8.97. The van der Waals surface area contributed by atoms with E-state index in [0.717, 1.165) is 31.3 Å². The number of hydrogen-bond donors (Lipinski definition) is 0. The minimum absolute atomic E-state index is 0.749. The van der Waals surface area contributed by atoms with Crippen molar-refractivity contribution in [3.63, 3.8) is 0 Å². The highest BCUT2D eigenvalue weighted by Gasteiger charge is 2.04. The van der Waals surface area contributed by atoms with Gasteiger partial charge in [-0.25, -0.2) is 0 Å². The molecule has 0 aliphatic rings. The Balaban J connectivity index is 2.19. The second-order valence-electron chi connectivity index (χ2n) is 6.35. The molecule has 0 aliphatic carbocycles. The molecular weight excluding hydrogens is 272 g/mol. The zero-order chi connectivity index (χ0) is 16.0. The van der Waals surface area contributed by atoms with Gasteiger partial charge in [0.25, 0.3) is 0 Å². The lowest BCUT2D eigenvalue weighted by molar-refractivity contribution is 0.191. The molecule has 0 amide bonds. The van der Waals surface area contributed by atoms with Crippen LogP contribution in [0.3, 0.4) is 0 Å². The summed E-state index contributed by atoms with van der Waals surface area (Å²) in [6.45, 7) is 6.30. The van der Waals surface area contributed by atoms with E-state index in [9.17, 15) is 0 Å². The lowest BCUT2D eigenvalue weighted by atomic mass is 9.95. The van der Waals surface area contributed by atoms with Crippen LogP contribution < -0.4 is 4.74 Å². The Morgan fingerprint density at radius 3 is 2.32 bits per heavy atom. The fourth-order valence-electron chi connectivity index (χ4n) is 2.68. The van der Waals surface area contributed by atoms with Gasteiger partial charge < -0.3 is 9.47 Å². The van der Waals surface area contributed by atoms with Crippen molar-refractivity contribution in [3.05, 3.63) is 29.8 Å². The Hall–Kier alpha value is -1.02. The first-order valence-electron chi connectivity index (χ1n) is 8.97. The Labute approximate surface area is 137 Å². The van der Waals surface area contributed by atoms with E-state index >= 15 is 0 Å². The van der Waals surface area contributed by atoms with Gasteiger partial charge in [0.1, 0.15) is 5.75 Å². The van der Waals surface area contributed by atoms with Crippen LogP contribution in [-0.4, -0.2) is 20.3 Å². The van der Waals surface area contributed by atoms with E-state index in [0.29, 0.717) is 0 Å². The average molecular weight is 306 g/mol. The van der Waals surface area contributed by atoms with E-state index in [-0.39, 0.29) is 0 Å². The van der Waals surface area contributed by atoms with Crippen molar-refractivity contribution in [1.29, 1.82) is 0 Å². The highest BCUT2D eigenvalue weighted by molar-refractivity contribution is 5.27. The van der Waals surface area contributed by atoms with Crippen molar-refractivity contribution in [2.45, 2.75) is 65.2 Å². The normalized spacial score (nSPS) is 12.3. The zero-order valence-electron chi connectivity index (χ0n) is 14.8. The number of unbranched alkanes of at least 4 members (excludes halogenated alkanes) is 4. The third-order valence-electron chi connectivity index (χ3n) is 4.07. The monoisotopic (exact) mass is 306 g/mol. The fraction of sp³-hybridized carbons (Fsp3) is 0.700. The Morgan fingerprint density at radius 1 is 0.909 bits per heavy atom. The number of methoxy groups -OCH3 is 1. The molecule has 0 aromatic heterocycles. The summed E-state index contributed by atoms with van der Waals surface area (Å²) in [4.78, 5) is 0. The van der Waals surface area contributed by atoms with Crippen LogP contribution in [0.25, 0.3) is 0 Å². The predicted molar refractivity (Wildman–Crippen MR) is 94.7 cm³/mol. The molecule has 0 spiro atoms. The van der Waals surface area contributed by atoms with Crippen LogP contribution in [0.2, 0.25) is 0 Å². The molecular formula is C20H34O2. The lowest BCUT2D eigenvalue weighted by Crippen LogP contribution is -2.01. The molecule has 0 aliphatic heterocycles. The highest BCUT2D eigenvalue weighted by atomic mass is 16.5. The molecule has 0 fully saturated rings. The van der Waals surface area contributed by atoms with Gasteiger partial charge in [-0.05, 0) is 42.9 Å².